The molecule has 110 valence electrons. The molecule has 4 nitrogen and oxygen atoms in total. The van der Waals surface area contributed by atoms with Crippen LogP contribution < -0.4 is 0 Å². The minimum Gasteiger partial charge on any atom is -0.337 e. The highest BCUT2D eigenvalue weighted by Gasteiger charge is 2.25. The van der Waals surface area contributed by atoms with E-state index in [1.807, 2.05) is 4.90 Å². The van der Waals surface area contributed by atoms with E-state index >= 15 is 0 Å². The fourth-order valence-corrected chi connectivity index (χ4v) is 3.32. The number of hydrogen-bond acceptors (Lipinski definition) is 4. The largest absolute Gasteiger partial charge is 0.337 e. The van der Waals surface area contributed by atoms with Crippen LogP contribution in [0.5, 0.6) is 0 Å². The molecule has 0 radical (unpaired) electrons. The van der Waals surface area contributed by atoms with Crippen molar-refractivity contribution in [3.05, 3.63) is 46.5 Å². The predicted molar refractivity (Wildman–Crippen MR) is 83.4 cm³/mol. The maximum Gasteiger partial charge on any atom is 0.275 e. The van der Waals surface area contributed by atoms with Gasteiger partial charge >= 0.3 is 0 Å². The first-order valence-electron chi connectivity index (χ1n) is 7.34. The van der Waals surface area contributed by atoms with Crippen molar-refractivity contribution in [3.8, 4) is 0 Å². The zero-order chi connectivity index (χ0) is 14.7. The van der Waals surface area contributed by atoms with E-state index in [1.165, 1.54) is 29.1 Å². The zero-order valence-corrected chi connectivity index (χ0v) is 13.0. The minimum atomic E-state index is 0.0253. The van der Waals surface area contributed by atoms with E-state index in [-0.39, 0.29) is 5.91 Å². The molecular weight excluding hydrogens is 282 g/mol. The second-order valence-corrected chi connectivity index (χ2v) is 6.35. The van der Waals surface area contributed by atoms with Gasteiger partial charge in [0, 0.05) is 18.5 Å². The molecule has 1 aromatic heterocycles. The molecule has 1 saturated heterocycles. The van der Waals surface area contributed by atoms with Gasteiger partial charge in [0.15, 0.2) is 5.69 Å². The lowest BCUT2D eigenvalue weighted by Crippen LogP contribution is -2.40. The maximum atomic E-state index is 12.3. The lowest BCUT2D eigenvalue weighted by Gasteiger charge is -2.32. The highest BCUT2D eigenvalue weighted by molar-refractivity contribution is 7.03. The summed E-state index contributed by atoms with van der Waals surface area (Å²) in [5, 5.41) is 5.62. The van der Waals surface area contributed by atoms with Gasteiger partial charge in [-0.25, -0.2) is 0 Å². The summed E-state index contributed by atoms with van der Waals surface area (Å²) in [6.07, 6.45) is 3.30. The summed E-state index contributed by atoms with van der Waals surface area (Å²) in [7, 11) is 0. The number of rotatable bonds is 3. The van der Waals surface area contributed by atoms with Crippen molar-refractivity contribution in [1.82, 2.24) is 14.5 Å². The van der Waals surface area contributed by atoms with Crippen molar-refractivity contribution in [2.45, 2.75) is 26.2 Å². The van der Waals surface area contributed by atoms with Gasteiger partial charge < -0.3 is 4.90 Å². The normalized spacial score (nSPS) is 18.7. The molecule has 0 aliphatic carbocycles. The fraction of sp³-hybridized carbons (Fsp3) is 0.438. The Kier molecular flexibility index (Phi) is 4.29. The first-order chi connectivity index (χ1) is 10.2. The van der Waals surface area contributed by atoms with Gasteiger partial charge in [0.05, 0.1) is 0 Å². The highest BCUT2D eigenvalue weighted by Crippen LogP contribution is 2.22. The van der Waals surface area contributed by atoms with Gasteiger partial charge in [-0.3, -0.25) is 4.79 Å². The van der Waals surface area contributed by atoms with E-state index < -0.39 is 0 Å². The molecule has 1 atom stereocenters. The number of piperidine rings is 1. The van der Waals surface area contributed by atoms with E-state index in [2.05, 4.69) is 40.8 Å². The van der Waals surface area contributed by atoms with Gasteiger partial charge in [0.1, 0.15) is 0 Å². The van der Waals surface area contributed by atoms with Crippen LogP contribution in [-0.2, 0) is 6.42 Å². The molecule has 1 aliphatic heterocycles. The third kappa shape index (κ3) is 3.47. The van der Waals surface area contributed by atoms with Crippen LogP contribution in [0, 0.1) is 12.8 Å². The molecular formula is C16H19N3OS. The van der Waals surface area contributed by atoms with Gasteiger partial charge in [-0.2, -0.15) is 0 Å². The molecule has 5 heteroatoms. The summed E-state index contributed by atoms with van der Waals surface area (Å²) in [4.78, 5) is 14.3. The molecule has 0 N–H and O–H groups in total. The third-order valence-electron chi connectivity index (χ3n) is 4.03. The molecule has 3 rings (SSSR count). The van der Waals surface area contributed by atoms with Gasteiger partial charge in [0.25, 0.3) is 5.91 Å². The zero-order valence-electron chi connectivity index (χ0n) is 12.2. The summed E-state index contributed by atoms with van der Waals surface area (Å²) in [5.74, 6) is 0.564. The Bertz CT molecular complexity index is 594. The monoisotopic (exact) mass is 301 g/mol. The van der Waals surface area contributed by atoms with Crippen LogP contribution in [0.4, 0.5) is 0 Å². The van der Waals surface area contributed by atoms with Crippen molar-refractivity contribution < 1.29 is 4.79 Å². The molecule has 0 saturated carbocycles. The standard InChI is InChI=1S/C16H19N3OS/c1-12-4-6-13(7-5-12)9-14-3-2-8-19(10-14)16(20)15-11-21-18-17-15/h4-7,11,14H,2-3,8-10H2,1H3/t14-/m1/s1. The predicted octanol–water partition coefficient (Wildman–Crippen LogP) is 2.94. The van der Waals surface area contributed by atoms with E-state index in [4.69, 9.17) is 0 Å². The van der Waals surface area contributed by atoms with Crippen LogP contribution in [0.25, 0.3) is 0 Å². The molecule has 0 unspecified atom stereocenters. The maximum absolute atomic E-state index is 12.3. The third-order valence-corrected chi connectivity index (χ3v) is 4.53. The Labute approximate surface area is 129 Å². The topological polar surface area (TPSA) is 46.1 Å². The molecule has 1 aromatic carbocycles. The molecule has 2 aromatic rings. The molecule has 1 aliphatic rings. The lowest BCUT2D eigenvalue weighted by molar-refractivity contribution is 0.0667. The number of likely N-dealkylation sites (tertiary alicyclic amines) is 1. The summed E-state index contributed by atoms with van der Waals surface area (Å²) < 4.78 is 3.78. The molecule has 2 heterocycles. The lowest BCUT2D eigenvalue weighted by atomic mass is 9.91. The Morgan fingerprint density at radius 1 is 1.38 bits per heavy atom. The number of hydrogen-bond donors (Lipinski definition) is 0. The first kappa shape index (κ1) is 14.2. The average Bonchev–Trinajstić information content (AvgIpc) is 3.03. The number of aromatic nitrogens is 2. The number of benzene rings is 1. The van der Waals surface area contributed by atoms with Crippen LogP contribution in [0.15, 0.2) is 29.6 Å². The summed E-state index contributed by atoms with van der Waals surface area (Å²) in [6, 6.07) is 8.70. The van der Waals surface area contributed by atoms with E-state index in [1.54, 1.807) is 5.38 Å². The summed E-state index contributed by atoms with van der Waals surface area (Å²) in [5.41, 5.74) is 3.13. The van der Waals surface area contributed by atoms with Crippen LogP contribution >= 0.6 is 11.5 Å². The van der Waals surface area contributed by atoms with Crippen molar-refractivity contribution >= 4 is 17.4 Å². The second kappa shape index (κ2) is 6.35. The van der Waals surface area contributed by atoms with Crippen LogP contribution in [0.3, 0.4) is 0 Å². The molecule has 21 heavy (non-hydrogen) atoms. The number of amides is 1. The number of carbonyl (C=O) groups excluding carboxylic acids is 1. The van der Waals surface area contributed by atoms with Gasteiger partial charge in [0.2, 0.25) is 0 Å². The molecule has 1 amide bonds. The second-order valence-electron chi connectivity index (χ2n) is 5.74. The Morgan fingerprint density at radius 3 is 2.90 bits per heavy atom. The highest BCUT2D eigenvalue weighted by atomic mass is 32.1. The molecule has 0 bridgehead atoms. The average molecular weight is 301 g/mol. The van der Waals surface area contributed by atoms with Crippen LogP contribution in [0.1, 0.15) is 34.5 Å². The van der Waals surface area contributed by atoms with Crippen molar-refractivity contribution in [2.24, 2.45) is 5.92 Å². The van der Waals surface area contributed by atoms with E-state index in [0.717, 1.165) is 25.9 Å². The fourth-order valence-electron chi connectivity index (χ4n) is 2.89. The summed E-state index contributed by atoms with van der Waals surface area (Å²) >= 11 is 1.23. The van der Waals surface area contributed by atoms with Crippen molar-refractivity contribution in [1.29, 1.82) is 0 Å². The minimum absolute atomic E-state index is 0.0253. The Hall–Kier alpha value is -1.75. The number of aryl methyl sites for hydroxylation is 1. The Morgan fingerprint density at radius 2 is 2.19 bits per heavy atom. The Balaban J connectivity index is 1.63. The van der Waals surface area contributed by atoms with Gasteiger partial charge in [-0.1, -0.05) is 34.3 Å². The van der Waals surface area contributed by atoms with E-state index in [9.17, 15) is 4.79 Å². The SMILES string of the molecule is Cc1ccc(C[C@H]2CCCN(C(=O)c3csnn3)C2)cc1. The van der Waals surface area contributed by atoms with Crippen LogP contribution in [0.2, 0.25) is 0 Å². The number of carbonyl (C=O) groups is 1. The van der Waals surface area contributed by atoms with Gasteiger partial charge in [-0.15, -0.1) is 5.10 Å². The van der Waals surface area contributed by atoms with Crippen LogP contribution in [-0.4, -0.2) is 33.5 Å². The summed E-state index contributed by atoms with van der Waals surface area (Å²) in [6.45, 7) is 3.76. The van der Waals surface area contributed by atoms with Crippen molar-refractivity contribution in [2.75, 3.05) is 13.1 Å². The van der Waals surface area contributed by atoms with E-state index in [0.29, 0.717) is 11.6 Å². The first-order valence-corrected chi connectivity index (χ1v) is 8.18. The quantitative estimate of drug-likeness (QED) is 0.875. The smallest absolute Gasteiger partial charge is 0.275 e. The van der Waals surface area contributed by atoms with Crippen molar-refractivity contribution in [3.63, 3.8) is 0 Å². The number of nitrogens with zero attached hydrogens (tertiary/aromatic N) is 3. The molecule has 0 spiro atoms. The van der Waals surface area contributed by atoms with Gasteiger partial charge in [-0.05, 0) is 49.2 Å². The molecule has 1 fully saturated rings.